The molecule has 16 rings (SSSR count). The third kappa shape index (κ3) is 37.8. The molecule has 0 aliphatic heterocycles. The van der Waals surface area contributed by atoms with Gasteiger partial charge in [-0.2, -0.15) is 0 Å². The van der Waals surface area contributed by atoms with E-state index in [0.29, 0.717) is 0 Å². The average molecular weight is 1950 g/mol. The first-order chi connectivity index (χ1) is 53.3. The molecule has 16 aromatic rings. The summed E-state index contributed by atoms with van der Waals surface area (Å²) in [5, 5.41) is 66.4. The van der Waals surface area contributed by atoms with Gasteiger partial charge in [0.25, 0.3) is 0 Å². The molecule has 592 valence electrons. The molecule has 0 bridgehead atoms. The van der Waals surface area contributed by atoms with Gasteiger partial charge in [0.15, 0.2) is 75.2 Å². The molecule has 8 aromatic carbocycles. The van der Waals surface area contributed by atoms with Crippen LogP contribution in [0.15, 0.2) is 174 Å². The van der Waals surface area contributed by atoms with Gasteiger partial charge in [0.05, 0.1) is 0 Å². The maximum Gasteiger partial charge on any atom is 0.313 e. The largest absolute Gasteiger partial charge is 0.867 e. The number of rotatable bonds is 8. The molecule has 0 aliphatic rings. The SMILES string of the molecule is CSc1sc2cc(C)ccc2[s+]1.CSc1sc2cc(C)ccc2[s+]1.CSc1sc2cc(C)ccc2[s+]1.CSc1sc2cc(C)ccc2[s+]1.CSc1sc2cc(C)ccc2[s+]1.CSc1sc2cc(C)ccc2[s+]1.CSc1sc2cc(C)ccc2[s+]1.CSc1sc2cc(C)ccc2[s+]1.[O-]B([O-])F.[O-]B([O-])F.[O-]B([O-])F.[O-]B([O-])F. The van der Waals surface area contributed by atoms with E-state index in [9.17, 15) is 17.3 Å². The molecule has 0 spiro atoms. The Labute approximate surface area is 751 Å². The number of fused-ring (bicyclic) bond motifs is 8. The van der Waals surface area contributed by atoms with Gasteiger partial charge in [0.2, 0.25) is 0 Å². The lowest BCUT2D eigenvalue weighted by molar-refractivity contribution is -0.368. The van der Waals surface area contributed by atoms with Crippen LogP contribution >= 0.6 is 275 Å². The van der Waals surface area contributed by atoms with Crippen molar-refractivity contribution in [2.75, 3.05) is 50.0 Å². The van der Waals surface area contributed by atoms with Crippen LogP contribution in [-0.2, 0) is 0 Å². The Bertz CT molecular complexity index is 4470. The topological polar surface area (TPSA) is 184 Å². The highest BCUT2D eigenvalue weighted by Gasteiger charge is 2.21. The summed E-state index contributed by atoms with van der Waals surface area (Å²) in [7, 11) is -12.7. The van der Waals surface area contributed by atoms with Gasteiger partial charge in [0.1, 0.15) is 211 Å². The average Bonchev–Trinajstić information content (AvgIpc) is 1.76. The lowest BCUT2D eigenvalue weighted by Gasteiger charge is -2.09. The van der Waals surface area contributed by atoms with Crippen molar-refractivity contribution in [1.29, 1.82) is 0 Å². The molecule has 8 nitrogen and oxygen atoms in total. The predicted octanol–water partition coefficient (Wildman–Crippen LogP) is 24.8. The first kappa shape index (κ1) is 101. The van der Waals surface area contributed by atoms with Gasteiger partial charge in [0, 0.05) is 0 Å². The van der Waals surface area contributed by atoms with E-state index in [2.05, 4.69) is 251 Å². The van der Waals surface area contributed by atoms with E-state index in [1.165, 1.54) is 148 Å². The predicted molar refractivity (Wildman–Crippen MR) is 512 cm³/mol. The van der Waals surface area contributed by atoms with Gasteiger partial charge in [-0.15, -0.1) is 0 Å². The molecule has 0 radical (unpaired) electrons. The Hall–Kier alpha value is -1.30. The number of aryl methyl sites for hydroxylation is 8. The first-order valence-electron chi connectivity index (χ1n) is 32.1. The summed E-state index contributed by atoms with van der Waals surface area (Å²) in [6, 6.07) is 53.2. The Morgan fingerprint density at radius 3 is 0.375 bits per heavy atom. The Balaban J connectivity index is 0.000000223. The van der Waals surface area contributed by atoms with Crippen LogP contribution in [0.25, 0.3) is 75.2 Å². The molecule has 0 saturated heterocycles. The van der Waals surface area contributed by atoms with Gasteiger partial charge in [-0.1, -0.05) is 143 Å². The van der Waals surface area contributed by atoms with Crippen molar-refractivity contribution < 1.29 is 57.5 Å². The quantitative estimate of drug-likeness (QED) is 0.0605. The number of hydrogen-bond acceptors (Lipinski definition) is 24. The van der Waals surface area contributed by atoms with E-state index in [4.69, 9.17) is 40.2 Å². The molecule has 0 fully saturated rings. The molecule has 40 heteroatoms. The summed E-state index contributed by atoms with van der Waals surface area (Å²) in [5.41, 5.74) is 10.8. The summed E-state index contributed by atoms with van der Waals surface area (Å²) < 4.78 is 73.7. The molecule has 0 atom stereocenters. The van der Waals surface area contributed by atoms with E-state index in [1.54, 1.807) is 0 Å². The summed E-state index contributed by atoms with van der Waals surface area (Å²) in [5.74, 6) is 0. The highest BCUT2D eigenvalue weighted by Crippen LogP contribution is 2.44. The third-order valence-corrected chi connectivity index (χ3v) is 44.7. The molecular weight excluding hydrogens is 1880 g/mol. The van der Waals surface area contributed by atoms with Crippen molar-refractivity contribution >= 4 is 380 Å². The fraction of sp³-hybridized carbons (Fsp3) is 0.222. The second kappa shape index (κ2) is 54.2. The highest BCUT2D eigenvalue weighted by atomic mass is 32.3. The minimum absolute atomic E-state index is 1.35. The summed E-state index contributed by atoms with van der Waals surface area (Å²) in [4.78, 5) is 0. The minimum Gasteiger partial charge on any atom is -0.867 e. The van der Waals surface area contributed by atoms with E-state index in [-0.39, 0.29) is 0 Å². The number of thioether (sulfide) groups is 8. The third-order valence-electron chi connectivity index (χ3n) is 13.2. The molecular formula is C72H72B4F4O8S24. The van der Waals surface area contributed by atoms with Crippen molar-refractivity contribution in [2.45, 2.75) is 83.6 Å². The van der Waals surface area contributed by atoms with Crippen LogP contribution in [0.1, 0.15) is 44.5 Å². The summed E-state index contributed by atoms with van der Waals surface area (Å²) in [6.45, 7) is 17.1. The van der Waals surface area contributed by atoms with Crippen molar-refractivity contribution in [3.63, 3.8) is 0 Å². The maximum atomic E-state index is 9.89. The van der Waals surface area contributed by atoms with Crippen LogP contribution in [-0.4, -0.2) is 79.6 Å². The highest BCUT2D eigenvalue weighted by molar-refractivity contribution is 8.05. The van der Waals surface area contributed by atoms with E-state index >= 15 is 0 Å². The van der Waals surface area contributed by atoms with Gasteiger partial charge in [-0.05, 0) is 247 Å². The zero-order valence-corrected chi connectivity index (χ0v) is 82.3. The van der Waals surface area contributed by atoms with Gasteiger partial charge < -0.3 is 57.5 Å². The Kier molecular flexibility index (Phi) is 49.0. The molecule has 0 unspecified atom stereocenters. The number of benzene rings is 8. The van der Waals surface area contributed by atoms with Crippen molar-refractivity contribution in [3.05, 3.63) is 190 Å². The number of halogens is 4. The van der Waals surface area contributed by atoms with Crippen LogP contribution < -0.4 is 40.2 Å². The second-order valence-electron chi connectivity index (χ2n) is 22.0. The van der Waals surface area contributed by atoms with Crippen molar-refractivity contribution in [3.8, 4) is 0 Å². The molecule has 112 heavy (non-hydrogen) atoms. The standard InChI is InChI=1S/8C9H9S3.4BFO2/c8*1-6-3-4-7-8(5-6)12-9(10-2)11-7;4*2-1(3)4/h8*3-5H,1-2H3;;;;/q8*+1;4*-2. The van der Waals surface area contributed by atoms with E-state index in [0.717, 1.165) is 0 Å². The number of hydrogen-bond donors (Lipinski definition) is 0. The minimum atomic E-state index is -3.17. The monoisotopic (exact) mass is 1950 g/mol. The molecule has 0 N–H and O–H groups in total. The van der Waals surface area contributed by atoms with E-state index < -0.39 is 29.6 Å². The molecule has 8 heterocycles. The first-order valence-corrected chi connectivity index (χ1v) is 55.0. The van der Waals surface area contributed by atoms with Crippen LogP contribution in [0, 0.1) is 55.4 Å². The fourth-order valence-corrected chi connectivity index (χ4v) is 34.3. The molecule has 0 amide bonds. The zero-order valence-electron chi connectivity index (χ0n) is 62.7. The normalized spacial score (nSPS) is 10.2. The van der Waals surface area contributed by atoms with E-state index in [1.807, 2.05) is 275 Å². The lowest BCUT2D eigenvalue weighted by Crippen LogP contribution is -2.39. The van der Waals surface area contributed by atoms with Crippen LogP contribution in [0.5, 0.6) is 0 Å². The molecule has 0 saturated carbocycles. The smallest absolute Gasteiger partial charge is 0.313 e. The van der Waals surface area contributed by atoms with Gasteiger partial charge in [-0.3, -0.25) is 0 Å². The summed E-state index contributed by atoms with van der Waals surface area (Å²) in [6.07, 6.45) is 17.1. The Morgan fingerprint density at radius 1 is 0.205 bits per heavy atom. The van der Waals surface area contributed by atoms with Crippen LogP contribution in [0.2, 0.25) is 0 Å². The zero-order chi connectivity index (χ0) is 82.7. The second-order valence-corrected chi connectivity index (χ2v) is 51.5. The fourth-order valence-electron chi connectivity index (χ4n) is 8.50. The lowest BCUT2D eigenvalue weighted by atomic mass is 10.2. The van der Waals surface area contributed by atoms with Crippen molar-refractivity contribution in [1.82, 2.24) is 0 Å². The van der Waals surface area contributed by atoms with Crippen molar-refractivity contribution in [2.24, 2.45) is 0 Å². The maximum absolute atomic E-state index is 9.89. The van der Waals surface area contributed by atoms with Crippen LogP contribution in [0.3, 0.4) is 0 Å². The Morgan fingerprint density at radius 2 is 0.295 bits per heavy atom. The van der Waals surface area contributed by atoms with Gasteiger partial charge >= 0.3 is 28.2 Å². The summed E-state index contributed by atoms with van der Waals surface area (Å²) >= 11 is 44.9. The van der Waals surface area contributed by atoms with Crippen LogP contribution in [0.4, 0.5) is 17.3 Å². The molecule has 0 aliphatic carbocycles. The van der Waals surface area contributed by atoms with Gasteiger partial charge in [-0.25, -0.2) is 0 Å². The molecule has 8 aromatic heterocycles.